The van der Waals surface area contributed by atoms with Crippen molar-refractivity contribution >= 4 is 58.9 Å². The Labute approximate surface area is 522 Å². The van der Waals surface area contributed by atoms with E-state index in [2.05, 4.69) is 23.2 Å². The van der Waals surface area contributed by atoms with Crippen LogP contribution in [0.25, 0.3) is 0 Å². The number of allylic oxidation sites excluding steroid dienone is 4. The first-order valence-corrected chi connectivity index (χ1v) is 32.9. The molecule has 0 aromatic rings. The van der Waals surface area contributed by atoms with E-state index >= 15 is 0 Å². The minimum absolute atomic E-state index is 0.0193. The van der Waals surface area contributed by atoms with Crippen LogP contribution in [0.5, 0.6) is 0 Å². The van der Waals surface area contributed by atoms with Crippen LogP contribution < -0.4 is 5.32 Å². The Bertz CT molecular complexity index is 3200. The van der Waals surface area contributed by atoms with Crippen molar-refractivity contribution in [2.45, 2.75) is 166 Å². The number of aliphatic carboxylic acids is 1. The first-order chi connectivity index (χ1) is 42.5. The van der Waals surface area contributed by atoms with E-state index in [4.69, 9.17) is 18.9 Å². The van der Waals surface area contributed by atoms with Crippen molar-refractivity contribution in [3.8, 4) is 0 Å². The number of hydrogen-bond donors (Lipinski definition) is 6. The molecule has 22 nitrogen and oxygen atoms in total. The minimum Gasteiger partial charge on any atom is -0.481 e. The Balaban J connectivity index is 0.000000144. The number of carbonyl (C=O) groups excluding carboxylic acids is 9. The molecule has 4 spiro atoms. The van der Waals surface area contributed by atoms with Crippen molar-refractivity contribution in [3.63, 3.8) is 0 Å². The maximum Gasteiger partial charge on any atom is 0.317 e. The number of ketones is 4. The highest BCUT2D eigenvalue weighted by Crippen LogP contribution is 2.78. The summed E-state index contributed by atoms with van der Waals surface area (Å²) < 4.78 is 28.9. The molecule has 0 aromatic carbocycles. The fraction of sp³-hybridized carbons (Fsp3) is 0.735. The Morgan fingerprint density at radius 3 is 1.42 bits per heavy atom. The number of ether oxygens (including phenoxy) is 5. The molecule has 7 aliphatic heterocycles. The smallest absolute Gasteiger partial charge is 0.317 e. The van der Waals surface area contributed by atoms with Gasteiger partial charge in [0.2, 0.25) is 17.5 Å². The van der Waals surface area contributed by atoms with Crippen LogP contribution in [0, 0.1) is 104 Å². The summed E-state index contributed by atoms with van der Waals surface area (Å²) >= 11 is 0. The predicted octanol–water partition coefficient (Wildman–Crippen LogP) is 3.83. The second-order valence-electron chi connectivity index (χ2n) is 30.4. The minimum atomic E-state index is -2.36. The third kappa shape index (κ3) is 8.30. The van der Waals surface area contributed by atoms with E-state index in [0.29, 0.717) is 115 Å². The SMILES string of the molecule is C=C1C(=O)[C@]23[C@H](OC(=O)C4CCN(C(=O)C5CC=CCC5C(=O)O)CC4)[C@H]1CC[C@H]2[C@@]12CO[C@@]3(O)[C@@H](O)[C@@H]1C(C)(C)CCC2=O.C=C1C(=O)[C@]23[C@H](OC(=O)C4CCNCC4)[C@H]1CC[C@H]2[C@@]12CO[C@@]3(O)[C@@H](O)[C@@H]1C(C)(C)CCC2=O.O=C1OC(=O)C2CC=CCC12. The van der Waals surface area contributed by atoms with Gasteiger partial charge in [-0.1, -0.05) is 65.2 Å². The Kier molecular flexibility index (Phi) is 15.2. The van der Waals surface area contributed by atoms with Crippen molar-refractivity contribution in [2.24, 2.45) is 104 Å². The number of amides is 1. The number of nitrogens with one attached hydrogen (secondary N) is 1. The maximum absolute atomic E-state index is 14.3. The van der Waals surface area contributed by atoms with Gasteiger partial charge in [-0.25, -0.2) is 0 Å². The normalized spacial score (nSPS) is 45.6. The lowest BCUT2D eigenvalue weighted by Crippen LogP contribution is -2.85. The number of rotatable bonds is 6. The van der Waals surface area contributed by atoms with Crippen LogP contribution >= 0.6 is 0 Å². The lowest BCUT2D eigenvalue weighted by Gasteiger charge is -2.73. The molecule has 22 heteroatoms. The molecule has 7 heterocycles. The van der Waals surface area contributed by atoms with Gasteiger partial charge < -0.3 is 59.4 Å². The summed E-state index contributed by atoms with van der Waals surface area (Å²) in [6.45, 7) is 17.9. The highest BCUT2D eigenvalue weighted by atomic mass is 16.7. The molecule has 17 aliphatic rings. The van der Waals surface area contributed by atoms with Gasteiger partial charge in [0, 0.05) is 49.6 Å². The lowest BCUT2D eigenvalue weighted by atomic mass is 9.36. The lowest BCUT2D eigenvalue weighted by molar-refractivity contribution is -0.437. The van der Waals surface area contributed by atoms with Gasteiger partial charge in [0.25, 0.3) is 0 Å². The van der Waals surface area contributed by atoms with E-state index in [9.17, 15) is 73.5 Å². The monoisotopic (exact) mass is 1250 g/mol. The Morgan fingerprint density at radius 2 is 0.989 bits per heavy atom. The number of carboxylic acid groups (broad SMARTS) is 1. The largest absolute Gasteiger partial charge is 0.481 e. The quantitative estimate of drug-likeness (QED) is 0.0723. The van der Waals surface area contributed by atoms with Crippen LogP contribution in [0.3, 0.4) is 0 Å². The zero-order valence-electron chi connectivity index (χ0n) is 51.8. The van der Waals surface area contributed by atoms with Crippen molar-refractivity contribution in [1.29, 1.82) is 0 Å². The molecule has 17 rings (SSSR count). The molecule has 6 N–H and O–H groups in total. The molecule has 4 unspecified atom stereocenters. The summed E-state index contributed by atoms with van der Waals surface area (Å²) in [7, 11) is 0. The third-order valence-electron chi connectivity index (χ3n) is 25.8. The van der Waals surface area contributed by atoms with Crippen LogP contribution in [-0.4, -0.2) is 165 Å². The van der Waals surface area contributed by atoms with Gasteiger partial charge in [-0.05, 0) is 137 Å². The number of Topliss-reactive ketones (excluding diaryl/α,β-unsaturated/α-hetero) is 4. The van der Waals surface area contributed by atoms with Crippen LogP contribution in [0.1, 0.15) is 130 Å². The zero-order valence-corrected chi connectivity index (χ0v) is 51.8. The highest BCUT2D eigenvalue weighted by molar-refractivity contribution is 6.07. The molecule has 8 bridgehead atoms. The van der Waals surface area contributed by atoms with Crippen molar-refractivity contribution in [1.82, 2.24) is 10.2 Å². The summed E-state index contributed by atoms with van der Waals surface area (Å²) in [4.78, 5) is 132. The van der Waals surface area contributed by atoms with E-state index in [-0.39, 0.29) is 91.4 Å². The van der Waals surface area contributed by atoms with Crippen LogP contribution in [0.2, 0.25) is 0 Å². The molecule has 0 radical (unpaired) electrons. The van der Waals surface area contributed by atoms with E-state index in [1.54, 1.807) is 11.0 Å². The van der Waals surface area contributed by atoms with Gasteiger partial charge in [0.05, 0.1) is 59.6 Å². The molecule has 488 valence electrons. The van der Waals surface area contributed by atoms with E-state index in [0.717, 1.165) is 0 Å². The van der Waals surface area contributed by atoms with Crippen LogP contribution in [0.4, 0.5) is 0 Å². The fourth-order valence-corrected chi connectivity index (χ4v) is 21.5. The van der Waals surface area contributed by atoms with Gasteiger partial charge in [-0.15, -0.1) is 0 Å². The van der Waals surface area contributed by atoms with Crippen molar-refractivity contribution < 1.29 is 97.2 Å². The van der Waals surface area contributed by atoms with Crippen molar-refractivity contribution in [2.75, 3.05) is 39.4 Å². The van der Waals surface area contributed by atoms with E-state index in [1.807, 2.05) is 45.9 Å². The molecule has 8 saturated carbocycles. The number of cyclic esters (lactones) is 2. The molecule has 7 saturated heterocycles. The zero-order chi connectivity index (χ0) is 64.4. The molecule has 20 atom stereocenters. The number of esters is 4. The summed E-state index contributed by atoms with van der Waals surface area (Å²) in [5, 5.41) is 60.9. The average Bonchev–Trinajstić information content (AvgIpc) is 1.21. The number of fused-ring (bicyclic) bond motifs is 5. The van der Waals surface area contributed by atoms with Gasteiger partial charge in [0.1, 0.15) is 46.8 Å². The number of piperidine rings is 2. The van der Waals surface area contributed by atoms with Crippen LogP contribution in [0.15, 0.2) is 48.6 Å². The molecule has 0 aromatic heterocycles. The molecular formula is C68H86N2O20. The molecular weight excluding hydrogens is 1160 g/mol. The van der Waals surface area contributed by atoms with Crippen molar-refractivity contribution in [3.05, 3.63) is 48.6 Å². The number of carbonyl (C=O) groups is 10. The Morgan fingerprint density at radius 1 is 0.578 bits per heavy atom. The van der Waals surface area contributed by atoms with Gasteiger partial charge in [-0.3, -0.25) is 47.9 Å². The second-order valence-corrected chi connectivity index (χ2v) is 30.4. The number of aliphatic hydroxyl groups is 4. The standard InChI is InChI=1S/C34H43NO10.C26H35NO7.C8H8O3/c1-17-19-8-9-22-32-16-44-34(43,26(38)24(32)31(2,3)13-10-23(32)36)33(22,25(17)37)27(19)45-30(42)18-11-14-35(15-12-18)28(39)20-6-4-5-7-21(20)29(40)41;1-13-15-4-5-16-24-12-33-26(32,20(30)18(24)23(2,3)9-6-17(24)28)25(16,19(13)29)21(15)34-22(31)14-7-10-27-11-8-14;9-7-5-3-1-2-4-6(5)8(10)11-7/h4-5,18-22,24,26-27,38,43H,1,6-16H2,2-3H3,(H,40,41);14-16,18,20-21,27,30,32H,1,4-12H2,2-3H3;1-2,5-6H,3-4H2/t19-,20?,21?,22-,24+,26-,27+,32+,33-,34-;15-,16-,18+,20-,21+,24+,25-,26-;/m00./s1. The molecule has 10 aliphatic carbocycles. The maximum atomic E-state index is 14.3. The number of likely N-dealkylation sites (tertiary alicyclic amines) is 1. The number of hydrogen-bond acceptors (Lipinski definition) is 20. The molecule has 1 amide bonds. The Hall–Kier alpha value is -5.62. The first-order valence-electron chi connectivity index (χ1n) is 32.9. The fourth-order valence-electron chi connectivity index (χ4n) is 21.5. The number of carboxylic acids is 1. The number of nitrogens with zero attached hydrogens (tertiary/aromatic N) is 1. The second kappa shape index (κ2) is 21.7. The summed E-state index contributed by atoms with van der Waals surface area (Å²) in [5.74, 6) is -14.6. The van der Waals surface area contributed by atoms with Gasteiger partial charge >= 0.3 is 29.8 Å². The average molecular weight is 1250 g/mol. The van der Waals surface area contributed by atoms with Gasteiger partial charge in [0.15, 0.2) is 11.6 Å². The van der Waals surface area contributed by atoms with E-state index < -0.39 is 145 Å². The summed E-state index contributed by atoms with van der Waals surface area (Å²) in [5.41, 5.74) is -6.27. The van der Waals surface area contributed by atoms with Gasteiger partial charge in [-0.2, -0.15) is 0 Å². The molecule has 90 heavy (non-hydrogen) atoms. The summed E-state index contributed by atoms with van der Waals surface area (Å²) in [6, 6.07) is 0. The topological polar surface area (TPSA) is 333 Å². The first kappa shape index (κ1) is 63.2. The third-order valence-corrected chi connectivity index (χ3v) is 25.8. The van der Waals surface area contributed by atoms with E-state index in [1.165, 1.54) is 0 Å². The highest BCUT2D eigenvalue weighted by Gasteiger charge is 2.90. The molecule has 15 fully saturated rings. The summed E-state index contributed by atoms with van der Waals surface area (Å²) in [6.07, 6.45) is 9.94. The van der Waals surface area contributed by atoms with Crippen LogP contribution in [-0.2, 0) is 71.6 Å². The number of aliphatic hydroxyl groups excluding tert-OH is 2. The predicted molar refractivity (Wildman–Crippen MR) is 311 cm³/mol.